The summed E-state index contributed by atoms with van der Waals surface area (Å²) in [4.78, 5) is 11.5. The van der Waals surface area contributed by atoms with Crippen molar-refractivity contribution in [1.29, 1.82) is 0 Å². The largest absolute Gasteiger partial charge is 0.464 e. The van der Waals surface area contributed by atoms with E-state index < -0.39 is 11.7 Å². The smallest absolute Gasteiger partial charge is 0.407 e. The van der Waals surface area contributed by atoms with Crippen molar-refractivity contribution in [2.24, 2.45) is 0 Å². The molecule has 0 bridgehead atoms. The summed E-state index contributed by atoms with van der Waals surface area (Å²) in [7, 11) is 0. The zero-order valence-electron chi connectivity index (χ0n) is 10.8. The maximum atomic E-state index is 11.5. The number of carbonyl (C=O) groups is 1. The van der Waals surface area contributed by atoms with Crippen LogP contribution in [0, 0.1) is 0 Å². The quantitative estimate of drug-likeness (QED) is 0.884. The molecular weight excluding hydrogens is 230 g/mol. The molecule has 0 fully saturated rings. The maximum absolute atomic E-state index is 11.5. The van der Waals surface area contributed by atoms with Crippen molar-refractivity contribution in [3.63, 3.8) is 0 Å². The van der Waals surface area contributed by atoms with Crippen LogP contribution in [-0.2, 0) is 11.3 Å². The molecule has 4 heteroatoms. The molecule has 0 aliphatic rings. The zero-order chi connectivity index (χ0) is 13.2. The molecule has 18 heavy (non-hydrogen) atoms. The van der Waals surface area contributed by atoms with E-state index in [1.807, 2.05) is 45.0 Å². The Labute approximate surface area is 106 Å². The van der Waals surface area contributed by atoms with Crippen molar-refractivity contribution in [3.05, 3.63) is 36.1 Å². The first-order chi connectivity index (χ1) is 8.44. The molecule has 0 saturated carbocycles. The van der Waals surface area contributed by atoms with E-state index in [4.69, 9.17) is 9.15 Å². The molecule has 0 radical (unpaired) electrons. The number of amides is 1. The molecule has 0 spiro atoms. The highest BCUT2D eigenvalue weighted by atomic mass is 16.6. The van der Waals surface area contributed by atoms with Gasteiger partial charge in [-0.25, -0.2) is 4.79 Å². The van der Waals surface area contributed by atoms with Gasteiger partial charge in [-0.2, -0.15) is 0 Å². The summed E-state index contributed by atoms with van der Waals surface area (Å²) in [6.45, 7) is 5.95. The second-order valence-corrected chi connectivity index (χ2v) is 5.15. The number of nitrogens with one attached hydrogen (secondary N) is 1. The van der Waals surface area contributed by atoms with E-state index >= 15 is 0 Å². The highest BCUT2D eigenvalue weighted by Crippen LogP contribution is 2.17. The molecule has 1 heterocycles. The second kappa shape index (κ2) is 4.72. The van der Waals surface area contributed by atoms with E-state index in [-0.39, 0.29) is 0 Å². The maximum Gasteiger partial charge on any atom is 0.407 e. The minimum atomic E-state index is -0.474. The van der Waals surface area contributed by atoms with Gasteiger partial charge in [0.15, 0.2) is 0 Å². The van der Waals surface area contributed by atoms with Gasteiger partial charge in [0.1, 0.15) is 11.2 Å². The standard InChI is InChI=1S/C14H17NO3/c1-14(2,3)18-13(16)15-9-10-4-5-12-11(8-10)6-7-17-12/h4-8H,9H2,1-3H3,(H,15,16). The van der Waals surface area contributed by atoms with Crippen molar-refractivity contribution in [2.75, 3.05) is 0 Å². The van der Waals surface area contributed by atoms with E-state index in [0.717, 1.165) is 16.5 Å². The lowest BCUT2D eigenvalue weighted by Crippen LogP contribution is -2.32. The lowest BCUT2D eigenvalue weighted by atomic mass is 10.1. The fourth-order valence-electron chi connectivity index (χ4n) is 1.61. The number of fused-ring (bicyclic) bond motifs is 1. The average molecular weight is 247 g/mol. The van der Waals surface area contributed by atoms with E-state index in [0.29, 0.717) is 6.54 Å². The summed E-state index contributed by atoms with van der Waals surface area (Å²) < 4.78 is 10.4. The summed E-state index contributed by atoms with van der Waals surface area (Å²) >= 11 is 0. The van der Waals surface area contributed by atoms with Crippen LogP contribution in [0.1, 0.15) is 26.3 Å². The lowest BCUT2D eigenvalue weighted by Gasteiger charge is -2.19. The van der Waals surface area contributed by atoms with Gasteiger partial charge in [0.2, 0.25) is 0 Å². The monoisotopic (exact) mass is 247 g/mol. The van der Waals surface area contributed by atoms with Crippen LogP contribution in [0.4, 0.5) is 4.79 Å². The van der Waals surface area contributed by atoms with Gasteiger partial charge in [-0.15, -0.1) is 0 Å². The van der Waals surface area contributed by atoms with Gasteiger partial charge < -0.3 is 14.5 Å². The first-order valence-corrected chi connectivity index (χ1v) is 5.87. The van der Waals surface area contributed by atoms with Gasteiger partial charge in [0.05, 0.1) is 6.26 Å². The number of hydrogen-bond donors (Lipinski definition) is 1. The normalized spacial score (nSPS) is 11.5. The number of benzene rings is 1. The van der Waals surface area contributed by atoms with Crippen LogP contribution in [0.25, 0.3) is 11.0 Å². The number of hydrogen-bond acceptors (Lipinski definition) is 3. The van der Waals surface area contributed by atoms with Crippen LogP contribution < -0.4 is 5.32 Å². The highest BCUT2D eigenvalue weighted by Gasteiger charge is 2.15. The Morgan fingerprint density at radius 3 is 2.83 bits per heavy atom. The van der Waals surface area contributed by atoms with Crippen LogP contribution in [-0.4, -0.2) is 11.7 Å². The second-order valence-electron chi connectivity index (χ2n) is 5.15. The number of ether oxygens (including phenoxy) is 1. The Hall–Kier alpha value is -1.97. The van der Waals surface area contributed by atoms with E-state index in [1.165, 1.54) is 0 Å². The molecule has 2 aromatic rings. The van der Waals surface area contributed by atoms with Gasteiger partial charge in [-0.1, -0.05) is 6.07 Å². The molecule has 1 aromatic carbocycles. The fraction of sp³-hybridized carbons (Fsp3) is 0.357. The molecule has 2 rings (SSSR count). The van der Waals surface area contributed by atoms with Crippen LogP contribution in [0.5, 0.6) is 0 Å². The number of rotatable bonds is 2. The Balaban J connectivity index is 1.95. The van der Waals surface area contributed by atoms with Gasteiger partial charge in [-0.05, 0) is 44.5 Å². The molecule has 0 unspecified atom stereocenters. The van der Waals surface area contributed by atoms with Crippen molar-refractivity contribution >= 4 is 17.1 Å². The Morgan fingerprint density at radius 1 is 1.33 bits per heavy atom. The molecule has 0 aliphatic carbocycles. The topological polar surface area (TPSA) is 51.5 Å². The Morgan fingerprint density at radius 2 is 2.11 bits per heavy atom. The molecular formula is C14H17NO3. The summed E-state index contributed by atoms with van der Waals surface area (Å²) in [6.07, 6.45) is 1.24. The van der Waals surface area contributed by atoms with E-state index in [1.54, 1.807) is 6.26 Å². The molecule has 0 atom stereocenters. The van der Waals surface area contributed by atoms with Gasteiger partial charge in [0, 0.05) is 11.9 Å². The summed E-state index contributed by atoms with van der Waals surface area (Å²) in [6, 6.07) is 7.69. The van der Waals surface area contributed by atoms with Crippen LogP contribution >= 0.6 is 0 Å². The van der Waals surface area contributed by atoms with Crippen molar-refractivity contribution in [2.45, 2.75) is 32.9 Å². The molecule has 1 aromatic heterocycles. The molecule has 0 aliphatic heterocycles. The Bertz CT molecular complexity index is 551. The lowest BCUT2D eigenvalue weighted by molar-refractivity contribution is 0.0523. The first kappa shape index (κ1) is 12.5. The summed E-state index contributed by atoms with van der Waals surface area (Å²) in [5.74, 6) is 0. The minimum Gasteiger partial charge on any atom is -0.464 e. The fourth-order valence-corrected chi connectivity index (χ4v) is 1.61. The average Bonchev–Trinajstić information content (AvgIpc) is 2.71. The van der Waals surface area contributed by atoms with Gasteiger partial charge in [-0.3, -0.25) is 0 Å². The Kier molecular flexibility index (Phi) is 3.28. The highest BCUT2D eigenvalue weighted by molar-refractivity contribution is 5.77. The van der Waals surface area contributed by atoms with Crippen LogP contribution in [0.2, 0.25) is 0 Å². The minimum absolute atomic E-state index is 0.408. The van der Waals surface area contributed by atoms with Crippen molar-refractivity contribution in [3.8, 4) is 0 Å². The number of carbonyl (C=O) groups excluding carboxylic acids is 1. The van der Waals surface area contributed by atoms with E-state index in [9.17, 15) is 4.79 Å². The predicted molar refractivity (Wildman–Crippen MR) is 69.3 cm³/mol. The van der Waals surface area contributed by atoms with Crippen LogP contribution in [0.15, 0.2) is 34.9 Å². The van der Waals surface area contributed by atoms with E-state index in [2.05, 4.69) is 5.32 Å². The SMILES string of the molecule is CC(C)(C)OC(=O)NCc1ccc2occc2c1. The molecule has 96 valence electrons. The first-order valence-electron chi connectivity index (χ1n) is 5.87. The molecule has 4 nitrogen and oxygen atoms in total. The summed E-state index contributed by atoms with van der Waals surface area (Å²) in [5.41, 5.74) is 1.38. The molecule has 1 amide bonds. The van der Waals surface area contributed by atoms with Gasteiger partial charge in [0.25, 0.3) is 0 Å². The van der Waals surface area contributed by atoms with Gasteiger partial charge >= 0.3 is 6.09 Å². The third kappa shape index (κ3) is 3.26. The molecule has 0 saturated heterocycles. The number of furan rings is 1. The predicted octanol–water partition coefficient (Wildman–Crippen LogP) is 3.46. The van der Waals surface area contributed by atoms with Crippen LogP contribution in [0.3, 0.4) is 0 Å². The van der Waals surface area contributed by atoms with Crippen molar-refractivity contribution < 1.29 is 13.9 Å². The van der Waals surface area contributed by atoms with Crippen molar-refractivity contribution in [1.82, 2.24) is 5.32 Å². The third-order valence-electron chi connectivity index (χ3n) is 2.35. The zero-order valence-corrected chi connectivity index (χ0v) is 10.8. The summed E-state index contributed by atoms with van der Waals surface area (Å²) in [5, 5.41) is 3.75. The third-order valence-corrected chi connectivity index (χ3v) is 2.35. The molecule has 1 N–H and O–H groups in total. The number of alkyl carbamates (subject to hydrolysis) is 1.